The summed E-state index contributed by atoms with van der Waals surface area (Å²) in [5, 5.41) is 0.624. The van der Waals surface area contributed by atoms with Gasteiger partial charge in [0.1, 0.15) is 5.75 Å². The minimum Gasteiger partial charge on any atom is -0.410 e. The summed E-state index contributed by atoms with van der Waals surface area (Å²) in [5.74, 6) is 1.04. The number of halogens is 1. The number of carbonyl (C=O) groups excluding carboxylic acids is 1. The monoisotopic (exact) mass is 394 g/mol. The van der Waals surface area contributed by atoms with E-state index in [1.165, 1.54) is 0 Å². The maximum atomic E-state index is 12.2. The number of hydrogen-bond acceptors (Lipinski definition) is 4. The molecule has 1 aliphatic rings. The first-order valence-corrected chi connectivity index (χ1v) is 10.1. The molecule has 0 radical (unpaired) electrons. The molecule has 27 heavy (non-hydrogen) atoms. The van der Waals surface area contributed by atoms with Crippen LogP contribution in [0.25, 0.3) is 0 Å². The van der Waals surface area contributed by atoms with Crippen molar-refractivity contribution in [1.29, 1.82) is 0 Å². The lowest BCUT2D eigenvalue weighted by atomic mass is 9.98. The third-order valence-electron chi connectivity index (χ3n) is 4.76. The van der Waals surface area contributed by atoms with Crippen molar-refractivity contribution >= 4 is 17.7 Å². The molecule has 5 nitrogen and oxygen atoms in total. The maximum absolute atomic E-state index is 12.2. The second-order valence-electron chi connectivity index (χ2n) is 7.09. The zero-order valence-electron chi connectivity index (χ0n) is 16.2. The smallest absolute Gasteiger partial charge is 0.410 e. The van der Waals surface area contributed by atoms with E-state index in [2.05, 4.69) is 18.5 Å². The summed E-state index contributed by atoms with van der Waals surface area (Å²) >= 11 is 5.84. The van der Waals surface area contributed by atoms with Gasteiger partial charge in [-0.2, -0.15) is 0 Å². The summed E-state index contributed by atoms with van der Waals surface area (Å²) in [4.78, 5) is 16.2. The van der Waals surface area contributed by atoms with Crippen molar-refractivity contribution in [2.75, 3.05) is 46.4 Å². The first-order chi connectivity index (χ1) is 13.1. The number of rotatable bonds is 10. The summed E-state index contributed by atoms with van der Waals surface area (Å²) < 4.78 is 11.2. The molecule has 1 aromatic rings. The van der Waals surface area contributed by atoms with Crippen LogP contribution in [-0.2, 0) is 4.74 Å². The third-order valence-corrected chi connectivity index (χ3v) is 5.02. The van der Waals surface area contributed by atoms with Gasteiger partial charge in [-0.15, -0.1) is 6.58 Å². The van der Waals surface area contributed by atoms with Crippen LogP contribution in [0.15, 0.2) is 36.9 Å². The van der Waals surface area contributed by atoms with Crippen molar-refractivity contribution in [3.05, 3.63) is 41.9 Å². The van der Waals surface area contributed by atoms with Crippen LogP contribution in [-0.4, -0.2) is 62.3 Å². The molecule has 0 aromatic heterocycles. The van der Waals surface area contributed by atoms with Gasteiger partial charge in [0.15, 0.2) is 0 Å². The molecule has 1 fully saturated rings. The lowest BCUT2D eigenvalue weighted by Gasteiger charge is -2.31. The number of piperidine rings is 1. The molecule has 6 heteroatoms. The lowest BCUT2D eigenvalue weighted by molar-refractivity contribution is 0.0642. The molecule has 1 amide bonds. The first kappa shape index (κ1) is 21.7. The average Bonchev–Trinajstić information content (AvgIpc) is 2.67. The van der Waals surface area contributed by atoms with Gasteiger partial charge in [-0.05, 0) is 69.5 Å². The van der Waals surface area contributed by atoms with E-state index in [1.54, 1.807) is 29.2 Å². The average molecular weight is 395 g/mol. The zero-order chi connectivity index (χ0) is 19.5. The van der Waals surface area contributed by atoms with Crippen molar-refractivity contribution in [3.8, 4) is 5.75 Å². The van der Waals surface area contributed by atoms with Crippen LogP contribution >= 0.6 is 11.6 Å². The molecular weight excluding hydrogens is 364 g/mol. The van der Waals surface area contributed by atoms with Crippen LogP contribution in [0.2, 0.25) is 5.02 Å². The topological polar surface area (TPSA) is 42.0 Å². The zero-order valence-corrected chi connectivity index (χ0v) is 17.0. The van der Waals surface area contributed by atoms with Crippen LogP contribution in [0.5, 0.6) is 5.75 Å². The minimum atomic E-state index is -0.291. The molecular formula is C21H31ClN2O3. The fraction of sp³-hybridized carbons (Fsp3) is 0.571. The molecule has 0 spiro atoms. The number of likely N-dealkylation sites (tertiary alicyclic amines) is 1. The van der Waals surface area contributed by atoms with E-state index in [4.69, 9.17) is 21.1 Å². The Balaban J connectivity index is 1.55. The SMILES string of the molecule is C=CCN(C)CCCCOCC1CCN(C(=O)Oc2ccc(Cl)cc2)CC1. The van der Waals surface area contributed by atoms with Gasteiger partial charge in [0.05, 0.1) is 0 Å². The molecule has 150 valence electrons. The number of ether oxygens (including phenoxy) is 2. The van der Waals surface area contributed by atoms with Crippen molar-refractivity contribution in [2.45, 2.75) is 25.7 Å². The summed E-state index contributed by atoms with van der Waals surface area (Å²) in [6, 6.07) is 6.84. The number of hydrogen-bond donors (Lipinski definition) is 0. The van der Waals surface area contributed by atoms with E-state index in [0.717, 1.165) is 52.0 Å². The number of carbonyl (C=O) groups is 1. The van der Waals surface area contributed by atoms with Crippen LogP contribution in [0, 0.1) is 5.92 Å². The Labute approximate surface area is 167 Å². The molecule has 0 unspecified atom stereocenters. The molecule has 1 aliphatic heterocycles. The quantitative estimate of drug-likeness (QED) is 0.434. The number of amides is 1. The van der Waals surface area contributed by atoms with E-state index in [0.29, 0.717) is 29.8 Å². The second-order valence-corrected chi connectivity index (χ2v) is 7.52. The third kappa shape index (κ3) is 8.33. The highest BCUT2D eigenvalue weighted by molar-refractivity contribution is 6.30. The Kier molecular flexibility index (Phi) is 9.67. The molecule has 0 bridgehead atoms. The van der Waals surface area contributed by atoms with Gasteiger partial charge in [-0.1, -0.05) is 17.7 Å². The number of nitrogens with zero attached hydrogens (tertiary/aromatic N) is 2. The fourth-order valence-corrected chi connectivity index (χ4v) is 3.22. The second kappa shape index (κ2) is 12.0. The number of unbranched alkanes of at least 4 members (excludes halogenated alkanes) is 1. The highest BCUT2D eigenvalue weighted by Gasteiger charge is 2.24. The van der Waals surface area contributed by atoms with Crippen molar-refractivity contribution < 1.29 is 14.3 Å². The minimum absolute atomic E-state index is 0.291. The van der Waals surface area contributed by atoms with E-state index in [-0.39, 0.29) is 6.09 Å². The largest absolute Gasteiger partial charge is 0.415 e. The number of benzene rings is 1. The van der Waals surface area contributed by atoms with E-state index in [1.807, 2.05) is 6.08 Å². The molecule has 1 saturated heterocycles. The Morgan fingerprint density at radius 2 is 2.00 bits per heavy atom. The van der Waals surface area contributed by atoms with Crippen LogP contribution < -0.4 is 4.74 Å². The van der Waals surface area contributed by atoms with Gasteiger partial charge in [-0.25, -0.2) is 4.79 Å². The lowest BCUT2D eigenvalue weighted by Crippen LogP contribution is -2.41. The van der Waals surface area contributed by atoms with Crippen LogP contribution in [0.1, 0.15) is 25.7 Å². The van der Waals surface area contributed by atoms with E-state index >= 15 is 0 Å². The molecule has 2 rings (SSSR count). The maximum Gasteiger partial charge on any atom is 0.415 e. The molecule has 0 saturated carbocycles. The van der Waals surface area contributed by atoms with Gasteiger partial charge in [-0.3, -0.25) is 0 Å². The number of likely N-dealkylation sites (N-methyl/N-ethyl adjacent to an activating group) is 1. The van der Waals surface area contributed by atoms with Gasteiger partial charge >= 0.3 is 6.09 Å². The Bertz CT molecular complexity index is 571. The molecule has 0 atom stereocenters. The normalized spacial score (nSPS) is 15.1. The van der Waals surface area contributed by atoms with Crippen molar-refractivity contribution in [1.82, 2.24) is 9.80 Å². The van der Waals surface area contributed by atoms with E-state index in [9.17, 15) is 4.79 Å². The first-order valence-electron chi connectivity index (χ1n) is 9.68. The molecule has 1 aromatic carbocycles. The molecule has 1 heterocycles. The fourth-order valence-electron chi connectivity index (χ4n) is 3.10. The van der Waals surface area contributed by atoms with Crippen molar-refractivity contribution in [3.63, 3.8) is 0 Å². The highest BCUT2D eigenvalue weighted by atomic mass is 35.5. The summed E-state index contributed by atoms with van der Waals surface area (Å²) in [7, 11) is 2.11. The van der Waals surface area contributed by atoms with Crippen LogP contribution in [0.4, 0.5) is 4.79 Å². The van der Waals surface area contributed by atoms with Crippen molar-refractivity contribution in [2.24, 2.45) is 5.92 Å². The highest BCUT2D eigenvalue weighted by Crippen LogP contribution is 2.20. The Morgan fingerprint density at radius 1 is 1.30 bits per heavy atom. The Hall–Kier alpha value is -1.56. The Morgan fingerprint density at radius 3 is 2.67 bits per heavy atom. The van der Waals surface area contributed by atoms with Gasteiger partial charge in [0, 0.05) is 37.9 Å². The predicted molar refractivity (Wildman–Crippen MR) is 110 cm³/mol. The van der Waals surface area contributed by atoms with E-state index < -0.39 is 0 Å². The summed E-state index contributed by atoms with van der Waals surface area (Å²) in [5.41, 5.74) is 0. The summed E-state index contributed by atoms with van der Waals surface area (Å²) in [6.07, 6.45) is 5.76. The predicted octanol–water partition coefficient (Wildman–Crippen LogP) is 4.47. The van der Waals surface area contributed by atoms with Gasteiger partial charge in [0.25, 0.3) is 0 Å². The van der Waals surface area contributed by atoms with Crippen LogP contribution in [0.3, 0.4) is 0 Å². The molecule has 0 aliphatic carbocycles. The standard InChI is InChI=1S/C21H31ClN2O3/c1-3-12-23(2)13-4-5-16-26-17-18-10-14-24(15-11-18)21(25)27-20-8-6-19(22)7-9-20/h3,6-9,18H,1,4-5,10-17H2,2H3. The van der Waals surface area contributed by atoms with Gasteiger partial charge < -0.3 is 19.3 Å². The summed E-state index contributed by atoms with van der Waals surface area (Å²) in [6.45, 7) is 8.77. The van der Waals surface area contributed by atoms with Gasteiger partial charge in [0.2, 0.25) is 0 Å². The molecule has 0 N–H and O–H groups in total.